The Morgan fingerprint density at radius 3 is 2.69 bits per heavy atom. The lowest BCUT2D eigenvalue weighted by Crippen LogP contribution is -1.91. The van der Waals surface area contributed by atoms with E-state index in [1.807, 2.05) is 25.1 Å². The first kappa shape index (κ1) is 12.4. The average Bonchev–Trinajstić information content (AvgIpc) is 2.16. The molecule has 0 atom stereocenters. The summed E-state index contributed by atoms with van der Waals surface area (Å²) in [5.74, 6) is 0. The number of rotatable bonds is 3. The average molecular weight is 237 g/mol. The van der Waals surface area contributed by atoms with E-state index in [1.54, 1.807) is 13.0 Å². The minimum Gasteiger partial charge on any atom is -0.210 e. The third-order valence-electron chi connectivity index (χ3n) is 1.96. The Morgan fingerprint density at radius 1 is 1.44 bits per heavy atom. The molecular weight excluding hydrogens is 226 g/mol. The highest BCUT2D eigenvalue weighted by Gasteiger charge is 2.05. The van der Waals surface area contributed by atoms with Gasteiger partial charge in [-0.05, 0) is 25.0 Å². The minimum atomic E-state index is -3.85. The van der Waals surface area contributed by atoms with Gasteiger partial charge >= 0.3 is 0 Å². The first-order valence-electron chi connectivity index (χ1n) is 4.54. The van der Waals surface area contributed by atoms with Crippen LogP contribution in [0.2, 0.25) is 0 Å². The van der Waals surface area contributed by atoms with Crippen LogP contribution in [-0.2, 0) is 14.8 Å². The lowest BCUT2D eigenvalue weighted by molar-refractivity contribution is 0.564. The van der Waals surface area contributed by atoms with E-state index in [0.717, 1.165) is 22.6 Å². The second-order valence-corrected chi connectivity index (χ2v) is 4.82. The molecule has 0 bridgehead atoms. The van der Waals surface area contributed by atoms with E-state index in [-0.39, 0.29) is 0 Å². The first-order chi connectivity index (χ1) is 7.44. The molecule has 0 unspecified atom stereocenters. The van der Waals surface area contributed by atoms with Gasteiger partial charge in [0.25, 0.3) is 16.1 Å². The van der Waals surface area contributed by atoms with Crippen molar-refractivity contribution in [3.8, 4) is 0 Å². The smallest absolute Gasteiger partial charge is 0.210 e. The number of aryl methyl sites for hydroxylation is 1. The van der Waals surface area contributed by atoms with Crippen LogP contribution in [-0.4, -0.2) is 14.5 Å². The molecule has 0 aromatic heterocycles. The summed E-state index contributed by atoms with van der Waals surface area (Å²) >= 11 is 0. The molecule has 5 heteroatoms. The molecule has 84 valence electrons. The van der Waals surface area contributed by atoms with Crippen LogP contribution < -0.4 is 0 Å². The van der Waals surface area contributed by atoms with Gasteiger partial charge < -0.3 is 0 Å². The van der Waals surface area contributed by atoms with Crippen LogP contribution in [0.15, 0.2) is 34.1 Å². The highest BCUT2D eigenvalue weighted by molar-refractivity contribution is 7.93. The number of nitrogens with zero attached hydrogens (tertiary/aromatic N) is 1. The highest BCUT2D eigenvalue weighted by atomic mass is 32.2. The Hall–Kier alpha value is -1.71. The Kier molecular flexibility index (Phi) is 3.77. The molecule has 0 radical (unpaired) electrons. The van der Waals surface area contributed by atoms with E-state index >= 15 is 0 Å². The molecule has 0 spiro atoms. The molecule has 4 nitrogen and oxygen atoms in total. The summed E-state index contributed by atoms with van der Waals surface area (Å²) in [4.78, 5) is 9.89. The predicted octanol–water partition coefficient (Wildman–Crippen LogP) is 2.02. The monoisotopic (exact) mass is 237 g/mol. The van der Waals surface area contributed by atoms with Crippen LogP contribution in [0.1, 0.15) is 18.1 Å². The number of allylic oxidation sites excluding steroid dienone is 1. The lowest BCUT2D eigenvalue weighted by Gasteiger charge is -2.01. The number of carbonyl (C=O) groups excluding carboxylic acids is 1. The van der Waals surface area contributed by atoms with Gasteiger partial charge in [-0.15, -0.1) is 0 Å². The number of benzene rings is 1. The molecule has 1 aromatic carbocycles. The Morgan fingerprint density at radius 2 is 2.12 bits per heavy atom. The molecule has 0 aliphatic carbocycles. The van der Waals surface area contributed by atoms with Gasteiger partial charge in [0.05, 0.1) is 5.41 Å². The molecule has 0 aliphatic heterocycles. The Bertz CT molecular complexity index is 567. The molecule has 0 aliphatic rings. The van der Waals surface area contributed by atoms with Crippen LogP contribution in [0.4, 0.5) is 0 Å². The van der Waals surface area contributed by atoms with Gasteiger partial charge in [0, 0.05) is 0 Å². The van der Waals surface area contributed by atoms with Crippen molar-refractivity contribution < 1.29 is 13.2 Å². The van der Waals surface area contributed by atoms with Gasteiger partial charge in [-0.3, -0.25) is 0 Å². The quantitative estimate of drug-likeness (QED) is 0.596. The van der Waals surface area contributed by atoms with Gasteiger partial charge in [0.2, 0.25) is 0 Å². The summed E-state index contributed by atoms with van der Waals surface area (Å²) in [5, 5.41) is 0.951. The third kappa shape index (κ3) is 3.46. The van der Waals surface area contributed by atoms with Gasteiger partial charge in [0.15, 0.2) is 0 Å². The van der Waals surface area contributed by atoms with Crippen molar-refractivity contribution in [2.75, 3.05) is 0 Å². The fourth-order valence-electron chi connectivity index (χ4n) is 1.26. The van der Waals surface area contributed by atoms with Crippen molar-refractivity contribution in [2.45, 2.75) is 13.8 Å². The van der Waals surface area contributed by atoms with E-state index in [2.05, 4.69) is 4.40 Å². The number of hydrogen-bond donors (Lipinski definition) is 0. The third-order valence-corrected chi connectivity index (χ3v) is 2.94. The number of sulfonamides is 1. The van der Waals surface area contributed by atoms with Crippen molar-refractivity contribution in [3.63, 3.8) is 0 Å². The predicted molar refractivity (Wildman–Crippen MR) is 61.9 cm³/mol. The summed E-state index contributed by atoms with van der Waals surface area (Å²) in [6, 6.07) is 7.39. The molecule has 0 heterocycles. The zero-order chi connectivity index (χ0) is 12.2. The zero-order valence-electron chi connectivity index (χ0n) is 8.97. The molecule has 0 N–H and O–H groups in total. The van der Waals surface area contributed by atoms with Crippen LogP contribution in [0.25, 0.3) is 5.57 Å². The second kappa shape index (κ2) is 4.88. The van der Waals surface area contributed by atoms with Gasteiger partial charge in [-0.25, -0.2) is 4.79 Å². The van der Waals surface area contributed by atoms with E-state index in [9.17, 15) is 13.2 Å². The van der Waals surface area contributed by atoms with E-state index < -0.39 is 10.0 Å². The number of hydrogen-bond acceptors (Lipinski definition) is 3. The highest BCUT2D eigenvalue weighted by Crippen LogP contribution is 2.16. The van der Waals surface area contributed by atoms with Gasteiger partial charge in [-0.1, -0.05) is 34.2 Å². The van der Waals surface area contributed by atoms with Crippen molar-refractivity contribution in [1.29, 1.82) is 0 Å². The van der Waals surface area contributed by atoms with Crippen LogP contribution in [0.3, 0.4) is 0 Å². The summed E-state index contributed by atoms with van der Waals surface area (Å²) < 4.78 is 25.1. The van der Waals surface area contributed by atoms with Gasteiger partial charge in [0.1, 0.15) is 0 Å². The van der Waals surface area contributed by atoms with E-state index in [0.29, 0.717) is 5.57 Å². The van der Waals surface area contributed by atoms with Crippen molar-refractivity contribution in [2.24, 2.45) is 4.40 Å². The largest absolute Gasteiger partial charge is 0.286 e. The maximum atomic E-state index is 11.2. The van der Waals surface area contributed by atoms with E-state index in [1.165, 1.54) is 0 Å². The minimum absolute atomic E-state index is 0.530. The van der Waals surface area contributed by atoms with E-state index in [4.69, 9.17) is 0 Å². The van der Waals surface area contributed by atoms with Crippen molar-refractivity contribution >= 4 is 21.7 Å². The van der Waals surface area contributed by atoms with Crippen LogP contribution >= 0.6 is 0 Å². The molecule has 1 aromatic rings. The molecule has 0 fully saturated rings. The summed E-state index contributed by atoms with van der Waals surface area (Å²) in [5.41, 5.74) is 2.34. The van der Waals surface area contributed by atoms with Gasteiger partial charge in [-0.2, -0.15) is 8.42 Å². The standard InChI is InChI=1S/C11H11NO3S/c1-9-4-3-5-11(6-9)10(2)7-16(14,15)12-8-13/h3-7H,1-2H3. The fourth-order valence-corrected chi connectivity index (χ4v) is 2.00. The molecule has 0 amide bonds. The SMILES string of the molecule is CC(=CS(=O)(=O)N=C=O)c1cccc(C)c1. The lowest BCUT2D eigenvalue weighted by atomic mass is 10.1. The molecule has 16 heavy (non-hydrogen) atoms. The maximum Gasteiger partial charge on any atom is 0.286 e. The first-order valence-corrected chi connectivity index (χ1v) is 6.04. The molecule has 1 rings (SSSR count). The summed E-state index contributed by atoms with van der Waals surface area (Å²) in [6.07, 6.45) is 1.02. The topological polar surface area (TPSA) is 63.6 Å². The van der Waals surface area contributed by atoms with Crippen molar-refractivity contribution in [1.82, 2.24) is 0 Å². The normalized spacial score (nSPS) is 12.0. The Balaban J connectivity index is 3.17. The maximum absolute atomic E-state index is 11.2. The van der Waals surface area contributed by atoms with Crippen LogP contribution in [0, 0.1) is 6.92 Å². The second-order valence-electron chi connectivity index (χ2n) is 3.37. The molecule has 0 saturated heterocycles. The fraction of sp³-hybridized carbons (Fsp3) is 0.182. The summed E-state index contributed by atoms with van der Waals surface area (Å²) in [7, 11) is -3.85. The molecule has 0 saturated carbocycles. The molecular formula is C11H11NO3S. The van der Waals surface area contributed by atoms with Crippen LogP contribution in [0.5, 0.6) is 0 Å². The number of isocyanates is 1. The Labute approximate surface area is 94.4 Å². The summed E-state index contributed by atoms with van der Waals surface area (Å²) in [6.45, 7) is 3.56. The van der Waals surface area contributed by atoms with Crippen molar-refractivity contribution in [3.05, 3.63) is 40.8 Å². The zero-order valence-corrected chi connectivity index (χ0v) is 9.78.